The molecule has 5 atom stereocenters. The molecule has 12 nitrogen and oxygen atoms in total. The van der Waals surface area contributed by atoms with Crippen molar-refractivity contribution in [3.63, 3.8) is 0 Å². The number of H-pyrrole nitrogens is 1. The third kappa shape index (κ3) is 4.47. The number of fused-ring (bicyclic) bond motifs is 7. The minimum absolute atomic E-state index is 0.0872. The second kappa shape index (κ2) is 11.6. The first kappa shape index (κ1) is 33.3. The lowest BCUT2D eigenvalue weighted by molar-refractivity contribution is -0.135. The number of aromatic amines is 1. The van der Waals surface area contributed by atoms with Crippen molar-refractivity contribution in [1.29, 1.82) is 0 Å². The highest BCUT2D eigenvalue weighted by atomic mass is 35.5. The van der Waals surface area contributed by atoms with E-state index in [2.05, 4.69) is 27.0 Å². The third-order valence-corrected chi connectivity index (χ3v) is 11.7. The number of aromatic nitrogens is 3. The van der Waals surface area contributed by atoms with E-state index in [4.69, 9.17) is 46.7 Å². The highest BCUT2D eigenvalue weighted by Crippen LogP contribution is 2.62. The Morgan fingerprint density at radius 1 is 1.00 bits per heavy atom. The number of para-hydroxylation sites is 1. The number of aliphatic hydroxyl groups excluding tert-OH is 1. The summed E-state index contributed by atoms with van der Waals surface area (Å²) in [6.07, 6.45) is -1.87. The Labute approximate surface area is 318 Å². The average molecular weight is 766 g/mol. The first-order chi connectivity index (χ1) is 25.9. The topological polar surface area (TPSA) is 168 Å². The number of amides is 2. The van der Waals surface area contributed by atoms with Gasteiger partial charge in [0.25, 0.3) is 5.89 Å². The molecule has 2 amide bonds. The van der Waals surface area contributed by atoms with Gasteiger partial charge in [-0.15, -0.1) is 0 Å². The van der Waals surface area contributed by atoms with Crippen LogP contribution in [-0.4, -0.2) is 50.2 Å². The van der Waals surface area contributed by atoms with E-state index in [0.29, 0.717) is 22.2 Å². The number of benzene rings is 3. The van der Waals surface area contributed by atoms with Gasteiger partial charge in [-0.1, -0.05) is 93.4 Å². The molecule has 7 heterocycles. The molecular weight excluding hydrogens is 731 g/mol. The fraction of sp³-hybridized carbons (Fsp3) is 0.300. The van der Waals surface area contributed by atoms with Crippen molar-refractivity contribution in [2.45, 2.75) is 63.9 Å². The number of nitrogens with one attached hydrogen (secondary N) is 4. The molecule has 0 radical (unpaired) electrons. The van der Waals surface area contributed by atoms with E-state index in [1.54, 1.807) is 13.8 Å². The number of carbonyl (C=O) groups excluding carboxylic acids is 2. The molecule has 10 bridgehead atoms. The fourth-order valence-corrected chi connectivity index (χ4v) is 9.01. The summed E-state index contributed by atoms with van der Waals surface area (Å²) in [6.45, 7) is 7.36. The molecule has 10 rings (SSSR count). The summed E-state index contributed by atoms with van der Waals surface area (Å²) in [6, 6.07) is 16.0. The minimum Gasteiger partial charge on any atom is -0.469 e. The number of aliphatic hydroxyl groups is 1. The molecule has 274 valence electrons. The van der Waals surface area contributed by atoms with E-state index in [1.807, 2.05) is 62.4 Å². The third-order valence-electron chi connectivity index (χ3n) is 11.2. The van der Waals surface area contributed by atoms with Crippen LogP contribution in [0.3, 0.4) is 0 Å². The van der Waals surface area contributed by atoms with E-state index in [-0.39, 0.29) is 46.6 Å². The van der Waals surface area contributed by atoms with Crippen molar-refractivity contribution >= 4 is 51.6 Å². The molecule has 14 heteroatoms. The van der Waals surface area contributed by atoms with Gasteiger partial charge in [0.15, 0.2) is 28.6 Å². The van der Waals surface area contributed by atoms with Crippen molar-refractivity contribution in [3.05, 3.63) is 93.2 Å². The maximum atomic E-state index is 14.2. The molecule has 0 fully saturated rings. The van der Waals surface area contributed by atoms with Crippen LogP contribution in [0.15, 0.2) is 63.4 Å². The summed E-state index contributed by atoms with van der Waals surface area (Å²) in [5.41, 5.74) is 5.49. The van der Waals surface area contributed by atoms with E-state index in [9.17, 15) is 14.7 Å². The molecule has 0 saturated carbocycles. The zero-order valence-electron chi connectivity index (χ0n) is 29.5. The highest BCUT2D eigenvalue weighted by molar-refractivity contribution is 6.37. The van der Waals surface area contributed by atoms with Crippen LogP contribution < -0.4 is 20.7 Å². The molecule has 3 aromatic heterocycles. The van der Waals surface area contributed by atoms with Crippen LogP contribution in [0.25, 0.3) is 44.9 Å². The van der Waals surface area contributed by atoms with Gasteiger partial charge in [-0.25, -0.2) is 4.98 Å². The van der Waals surface area contributed by atoms with E-state index < -0.39 is 41.6 Å². The number of halogens is 2. The summed E-state index contributed by atoms with van der Waals surface area (Å²) in [7, 11) is 0. The summed E-state index contributed by atoms with van der Waals surface area (Å²) in [4.78, 5) is 40.5. The second-order valence-corrected chi connectivity index (χ2v) is 15.8. The number of rotatable bonds is 4. The quantitative estimate of drug-likeness (QED) is 0.126. The Hall–Kier alpha value is -5.30. The molecule has 54 heavy (non-hydrogen) atoms. The minimum atomic E-state index is -1.30. The summed E-state index contributed by atoms with van der Waals surface area (Å²) >= 11 is 13.9. The van der Waals surface area contributed by atoms with Gasteiger partial charge in [-0.3, -0.25) is 9.59 Å². The van der Waals surface area contributed by atoms with Crippen LogP contribution in [0, 0.1) is 11.8 Å². The number of oxazole rings is 2. The lowest BCUT2D eigenvalue weighted by Gasteiger charge is -2.29. The number of hydrogen-bond acceptors (Lipinski definition) is 9. The molecule has 3 aromatic carbocycles. The zero-order valence-corrected chi connectivity index (χ0v) is 31.0. The molecule has 6 aromatic rings. The molecule has 4 aliphatic rings. The van der Waals surface area contributed by atoms with Gasteiger partial charge in [-0.05, 0) is 35.1 Å². The molecule has 0 saturated heterocycles. The van der Waals surface area contributed by atoms with Gasteiger partial charge in [-0.2, -0.15) is 4.98 Å². The highest BCUT2D eigenvalue weighted by Gasteiger charge is 2.61. The Morgan fingerprint density at radius 2 is 1.80 bits per heavy atom. The summed E-state index contributed by atoms with van der Waals surface area (Å²) in [5.74, 6) is -0.0970. The summed E-state index contributed by atoms with van der Waals surface area (Å²) < 4.78 is 20.4. The lowest BCUT2D eigenvalue weighted by atomic mass is 9.72. The molecule has 4 aliphatic heterocycles. The molecule has 1 spiro atoms. The molecule has 0 unspecified atom stereocenters. The van der Waals surface area contributed by atoms with Crippen molar-refractivity contribution in [2.75, 3.05) is 5.32 Å². The van der Waals surface area contributed by atoms with Gasteiger partial charge in [0.1, 0.15) is 34.5 Å². The van der Waals surface area contributed by atoms with Crippen molar-refractivity contribution in [3.8, 4) is 39.8 Å². The van der Waals surface area contributed by atoms with Crippen LogP contribution in [-0.2, 0) is 21.4 Å². The smallest absolute Gasteiger partial charge is 0.250 e. The van der Waals surface area contributed by atoms with Crippen molar-refractivity contribution in [2.24, 2.45) is 11.8 Å². The second-order valence-electron chi connectivity index (χ2n) is 15.1. The number of hydrogen-bond donors (Lipinski definition) is 5. The normalized spacial score (nSPS) is 22.2. The number of carbonyl (C=O) groups is 2. The van der Waals surface area contributed by atoms with Crippen LogP contribution in [0.2, 0.25) is 10.3 Å². The Balaban J connectivity index is 1.30. The number of anilines is 1. The SMILES string of the molecule is CC(C)[C@H](O)C(=O)N[C@H]1Cc2ccc3c(c2)[C@]24c5cccc(c5N[C@@H]2O3)-c2cccc3[nH]c(Cl)c(c23)-c2oc(nc2Cl)-c2nc(oc24)[C@H](C(C)C)NC1=O. The predicted molar refractivity (Wildman–Crippen MR) is 201 cm³/mol. The Kier molecular flexibility index (Phi) is 7.15. The van der Waals surface area contributed by atoms with Crippen LogP contribution in [0.4, 0.5) is 5.69 Å². The van der Waals surface area contributed by atoms with Crippen molar-refractivity contribution in [1.82, 2.24) is 25.6 Å². The largest absolute Gasteiger partial charge is 0.469 e. The molecular formula is C40H34Cl2N6O6. The Bertz CT molecular complexity index is 2590. The van der Waals surface area contributed by atoms with Crippen LogP contribution in [0.1, 0.15) is 62.1 Å². The van der Waals surface area contributed by atoms with Gasteiger partial charge in [0.05, 0.1) is 5.56 Å². The predicted octanol–water partition coefficient (Wildman–Crippen LogP) is 7.11. The van der Waals surface area contributed by atoms with E-state index >= 15 is 0 Å². The molecule has 0 aliphatic carbocycles. The van der Waals surface area contributed by atoms with Crippen molar-refractivity contribution < 1.29 is 28.3 Å². The van der Waals surface area contributed by atoms with Gasteiger partial charge < -0.3 is 39.6 Å². The van der Waals surface area contributed by atoms with E-state index in [1.165, 1.54) is 0 Å². The van der Waals surface area contributed by atoms with E-state index in [0.717, 1.165) is 44.4 Å². The zero-order chi connectivity index (χ0) is 37.4. The average Bonchev–Trinajstić information content (AvgIpc) is 3.94. The van der Waals surface area contributed by atoms with Gasteiger partial charge in [0, 0.05) is 39.7 Å². The number of nitrogens with zero attached hydrogens (tertiary/aromatic N) is 2. The summed E-state index contributed by atoms with van der Waals surface area (Å²) in [5, 5.41) is 21.5. The first-order valence-electron chi connectivity index (χ1n) is 17.9. The van der Waals surface area contributed by atoms with Crippen LogP contribution in [0.5, 0.6) is 5.75 Å². The molecule has 5 N–H and O–H groups in total. The fourth-order valence-electron chi connectivity index (χ4n) is 8.52. The van der Waals surface area contributed by atoms with Crippen LogP contribution >= 0.6 is 23.2 Å². The number of ether oxygens (including phenoxy) is 1. The first-order valence-corrected chi connectivity index (χ1v) is 18.7. The van der Waals surface area contributed by atoms with Gasteiger partial charge in [0.2, 0.25) is 17.7 Å². The Morgan fingerprint density at radius 3 is 2.59 bits per heavy atom. The monoisotopic (exact) mass is 764 g/mol. The maximum absolute atomic E-state index is 14.2. The lowest BCUT2D eigenvalue weighted by Crippen LogP contribution is -2.52. The maximum Gasteiger partial charge on any atom is 0.250 e. The van der Waals surface area contributed by atoms with Gasteiger partial charge >= 0.3 is 0 Å². The standard InChI is InChI=1S/C40H34Cl2N6O6/c1-15(2)27-37-46-29-32(54-37)40-20-9-5-8-19(18-7-6-10-22-25(18)26(33(41)43-22)31-34(42)48-38(29)53-31)28(20)47-39(40)52-24-12-11-17(13-21(24)40)14-23(35(50)45-27)44-36(51)30(49)16(3)4/h5-13,15-16,23,27,30,39,43,47,49H,14H2,1-4H3,(H,44,51)(H,45,50)/t23-,27-,30-,39+,40-/m0/s1.